The van der Waals surface area contributed by atoms with Crippen molar-refractivity contribution >= 4 is 17.4 Å². The van der Waals surface area contributed by atoms with Gasteiger partial charge in [-0.05, 0) is 36.8 Å². The highest BCUT2D eigenvalue weighted by molar-refractivity contribution is 6.16. The minimum absolute atomic E-state index is 0.442. The fourth-order valence-electron chi connectivity index (χ4n) is 2.38. The molecule has 1 saturated carbocycles. The van der Waals surface area contributed by atoms with E-state index >= 15 is 0 Å². The van der Waals surface area contributed by atoms with Gasteiger partial charge in [-0.15, -0.1) is 16.7 Å². The summed E-state index contributed by atoms with van der Waals surface area (Å²) in [5.74, 6) is 3.39. The third-order valence-electron chi connectivity index (χ3n) is 3.46. The first-order valence-electron chi connectivity index (χ1n) is 5.50. The molecule has 1 aromatic heterocycles. The number of rotatable bonds is 2. The van der Waals surface area contributed by atoms with Gasteiger partial charge < -0.3 is 4.90 Å². The van der Waals surface area contributed by atoms with Crippen LogP contribution in [0.25, 0.3) is 0 Å². The molecule has 1 aliphatic carbocycles. The van der Waals surface area contributed by atoms with E-state index in [1.807, 2.05) is 12.1 Å². The Morgan fingerprint density at radius 3 is 2.93 bits per heavy atom. The first kappa shape index (κ1) is 9.40. The molecule has 0 aromatic carbocycles. The van der Waals surface area contributed by atoms with Crippen molar-refractivity contribution in [3.63, 3.8) is 0 Å². The molecular weight excluding hydrogens is 210 g/mol. The Bertz CT molecular complexity index is 351. The maximum Gasteiger partial charge on any atom is 0.151 e. The van der Waals surface area contributed by atoms with Crippen LogP contribution >= 0.6 is 11.6 Å². The van der Waals surface area contributed by atoms with Crippen LogP contribution in [0.4, 0.5) is 5.82 Å². The molecule has 0 bridgehead atoms. The van der Waals surface area contributed by atoms with Crippen molar-refractivity contribution in [1.29, 1.82) is 0 Å². The number of hydrogen-bond donors (Lipinski definition) is 0. The van der Waals surface area contributed by atoms with Crippen molar-refractivity contribution in [2.75, 3.05) is 18.0 Å². The van der Waals surface area contributed by atoms with Crippen molar-refractivity contribution in [2.24, 2.45) is 11.8 Å². The van der Waals surface area contributed by atoms with Crippen LogP contribution in [-0.2, 0) is 5.88 Å². The van der Waals surface area contributed by atoms with Gasteiger partial charge in [0, 0.05) is 13.1 Å². The monoisotopic (exact) mass is 223 g/mol. The summed E-state index contributed by atoms with van der Waals surface area (Å²) in [6.45, 7) is 2.30. The summed E-state index contributed by atoms with van der Waals surface area (Å²) in [4.78, 5) is 2.35. The maximum atomic E-state index is 5.68. The Labute approximate surface area is 94.4 Å². The topological polar surface area (TPSA) is 29.0 Å². The van der Waals surface area contributed by atoms with Gasteiger partial charge in [0.05, 0.1) is 11.6 Å². The summed E-state index contributed by atoms with van der Waals surface area (Å²) in [6, 6.07) is 4.00. The van der Waals surface area contributed by atoms with E-state index in [-0.39, 0.29) is 0 Å². The van der Waals surface area contributed by atoms with Crippen molar-refractivity contribution in [3.05, 3.63) is 17.8 Å². The SMILES string of the molecule is ClCc1ccc(N2CCC3CC3C2)nn1. The quantitative estimate of drug-likeness (QED) is 0.719. The number of piperidine rings is 1. The number of halogens is 1. The molecule has 2 atom stereocenters. The Balaban J connectivity index is 1.74. The summed E-state index contributed by atoms with van der Waals surface area (Å²) in [7, 11) is 0. The Morgan fingerprint density at radius 2 is 2.27 bits per heavy atom. The Kier molecular flexibility index (Phi) is 2.28. The zero-order valence-corrected chi connectivity index (χ0v) is 9.32. The van der Waals surface area contributed by atoms with Crippen molar-refractivity contribution in [1.82, 2.24) is 10.2 Å². The van der Waals surface area contributed by atoms with Gasteiger partial charge in [-0.2, -0.15) is 5.10 Å². The lowest BCUT2D eigenvalue weighted by Crippen LogP contribution is -2.32. The van der Waals surface area contributed by atoms with E-state index in [0.717, 1.165) is 29.9 Å². The van der Waals surface area contributed by atoms with Crippen LogP contribution in [0.1, 0.15) is 18.5 Å². The van der Waals surface area contributed by atoms with Gasteiger partial charge in [0.2, 0.25) is 0 Å². The number of nitrogens with zero attached hydrogens (tertiary/aromatic N) is 3. The summed E-state index contributed by atoms with van der Waals surface area (Å²) in [5.41, 5.74) is 0.849. The van der Waals surface area contributed by atoms with Gasteiger partial charge >= 0.3 is 0 Å². The molecule has 0 N–H and O–H groups in total. The third kappa shape index (κ3) is 1.81. The summed E-state index contributed by atoms with van der Waals surface area (Å²) < 4.78 is 0. The van der Waals surface area contributed by atoms with Crippen molar-refractivity contribution < 1.29 is 0 Å². The predicted octanol–water partition coefficient (Wildman–Crippen LogP) is 2.06. The molecular formula is C11H14ClN3. The minimum Gasteiger partial charge on any atom is -0.355 e. The van der Waals surface area contributed by atoms with Crippen LogP contribution in [0.5, 0.6) is 0 Å². The molecule has 0 spiro atoms. The molecule has 0 radical (unpaired) electrons. The average Bonchev–Trinajstić information content (AvgIpc) is 3.07. The lowest BCUT2D eigenvalue weighted by molar-refractivity contribution is 0.545. The van der Waals surface area contributed by atoms with Gasteiger partial charge in [-0.1, -0.05) is 0 Å². The van der Waals surface area contributed by atoms with Crippen LogP contribution < -0.4 is 4.90 Å². The van der Waals surface area contributed by atoms with Gasteiger partial charge in [0.25, 0.3) is 0 Å². The van der Waals surface area contributed by atoms with Gasteiger partial charge in [-0.3, -0.25) is 0 Å². The fraction of sp³-hybridized carbons (Fsp3) is 0.636. The molecule has 0 amide bonds. The molecule has 1 aromatic rings. The molecule has 2 aliphatic rings. The molecule has 3 nitrogen and oxygen atoms in total. The Hall–Kier alpha value is -0.830. The third-order valence-corrected chi connectivity index (χ3v) is 3.73. The molecule has 1 aliphatic heterocycles. The van der Waals surface area contributed by atoms with Gasteiger partial charge in [-0.25, -0.2) is 0 Å². The zero-order valence-electron chi connectivity index (χ0n) is 8.56. The van der Waals surface area contributed by atoms with Crippen molar-refractivity contribution in [3.8, 4) is 0 Å². The highest BCUT2D eigenvalue weighted by Gasteiger charge is 2.41. The Morgan fingerprint density at radius 1 is 1.33 bits per heavy atom. The van der Waals surface area contributed by atoms with Crippen LogP contribution in [0.3, 0.4) is 0 Å². The molecule has 4 heteroatoms. The van der Waals surface area contributed by atoms with Crippen LogP contribution in [0, 0.1) is 11.8 Å². The molecule has 15 heavy (non-hydrogen) atoms. The highest BCUT2D eigenvalue weighted by atomic mass is 35.5. The molecule has 2 fully saturated rings. The number of aromatic nitrogens is 2. The summed E-state index contributed by atoms with van der Waals surface area (Å²) in [6.07, 6.45) is 2.74. The second-order valence-electron chi connectivity index (χ2n) is 4.51. The molecule has 1 saturated heterocycles. The van der Waals surface area contributed by atoms with Gasteiger partial charge in [0.1, 0.15) is 0 Å². The average molecular weight is 224 g/mol. The van der Waals surface area contributed by atoms with Crippen LogP contribution in [-0.4, -0.2) is 23.3 Å². The largest absolute Gasteiger partial charge is 0.355 e. The minimum atomic E-state index is 0.442. The van der Waals surface area contributed by atoms with E-state index in [4.69, 9.17) is 11.6 Å². The van der Waals surface area contributed by atoms with Crippen molar-refractivity contribution in [2.45, 2.75) is 18.7 Å². The maximum absolute atomic E-state index is 5.68. The van der Waals surface area contributed by atoms with Crippen LogP contribution in [0.15, 0.2) is 12.1 Å². The first-order chi connectivity index (χ1) is 7.36. The second-order valence-corrected chi connectivity index (χ2v) is 4.77. The zero-order chi connectivity index (χ0) is 10.3. The summed E-state index contributed by atoms with van der Waals surface area (Å²) in [5, 5.41) is 8.31. The molecule has 2 heterocycles. The van der Waals surface area contributed by atoms with E-state index in [2.05, 4.69) is 15.1 Å². The summed E-state index contributed by atoms with van der Waals surface area (Å²) >= 11 is 5.68. The standard InChI is InChI=1S/C11H14ClN3/c12-6-10-1-2-11(14-13-10)15-4-3-8-5-9(8)7-15/h1-2,8-9H,3-7H2. The molecule has 2 unspecified atom stereocenters. The smallest absolute Gasteiger partial charge is 0.151 e. The van der Waals surface area contributed by atoms with E-state index < -0.39 is 0 Å². The second kappa shape index (κ2) is 3.63. The normalized spacial score (nSPS) is 28.7. The number of alkyl halides is 1. The number of hydrogen-bond acceptors (Lipinski definition) is 3. The lowest BCUT2D eigenvalue weighted by Gasteiger charge is -2.26. The van der Waals surface area contributed by atoms with E-state index in [1.54, 1.807) is 0 Å². The molecule has 80 valence electrons. The van der Waals surface area contributed by atoms with Gasteiger partial charge in [0.15, 0.2) is 5.82 Å². The predicted molar refractivity (Wildman–Crippen MR) is 60.0 cm³/mol. The number of anilines is 1. The fourth-order valence-corrected chi connectivity index (χ4v) is 2.53. The van der Waals surface area contributed by atoms with E-state index in [9.17, 15) is 0 Å². The first-order valence-corrected chi connectivity index (χ1v) is 6.04. The lowest BCUT2D eigenvalue weighted by atomic mass is 10.1. The van der Waals surface area contributed by atoms with E-state index in [0.29, 0.717) is 5.88 Å². The number of fused-ring (bicyclic) bond motifs is 1. The highest BCUT2D eigenvalue weighted by Crippen LogP contribution is 2.45. The van der Waals surface area contributed by atoms with E-state index in [1.165, 1.54) is 19.4 Å². The van der Waals surface area contributed by atoms with Crippen LogP contribution in [0.2, 0.25) is 0 Å². The molecule has 3 rings (SSSR count).